The fraction of sp³-hybridized carbons (Fsp3) is 0.636. The molecule has 6 heteroatoms. The largest absolute Gasteiger partial charge is 0.493 e. The fourth-order valence-electron chi connectivity index (χ4n) is 4.94. The Morgan fingerprint density at radius 1 is 1.07 bits per heavy atom. The molecule has 1 saturated carbocycles. The van der Waals surface area contributed by atoms with Gasteiger partial charge in [0.05, 0.1) is 25.0 Å². The molecule has 2 aliphatic rings. The molecule has 1 aromatic rings. The first-order valence-electron chi connectivity index (χ1n) is 10.1. The number of benzene rings is 1. The number of hydrogen-bond donors (Lipinski definition) is 1. The lowest BCUT2D eigenvalue weighted by molar-refractivity contribution is -0.151. The maximum Gasteiger partial charge on any atom is 0.311 e. The molecule has 1 saturated heterocycles. The lowest BCUT2D eigenvalue weighted by atomic mass is 9.75. The van der Waals surface area contributed by atoms with Gasteiger partial charge in [-0.15, -0.1) is 0 Å². The van der Waals surface area contributed by atoms with Crippen LogP contribution in [-0.2, 0) is 15.0 Å². The standard InChI is InChI=1S/C22H31NO5/c1-15(2)22(20(25)26)11-12-23(14-22)19(24)21(9-5-6-10-21)16-7-8-17(27-3)18(13-16)28-4/h7-8,13,15H,5-6,9-12,14H2,1-4H3,(H,25,26). The van der Waals surface area contributed by atoms with Crippen LogP contribution in [0.2, 0.25) is 0 Å². The molecule has 1 aliphatic carbocycles. The number of carboxylic acid groups (broad SMARTS) is 1. The number of carbonyl (C=O) groups excluding carboxylic acids is 1. The minimum absolute atomic E-state index is 0.0246. The summed E-state index contributed by atoms with van der Waals surface area (Å²) in [4.78, 5) is 27.5. The van der Waals surface area contributed by atoms with E-state index in [0.717, 1.165) is 31.2 Å². The Bertz CT molecular complexity index is 753. The summed E-state index contributed by atoms with van der Waals surface area (Å²) in [7, 11) is 3.19. The molecule has 1 aromatic carbocycles. The molecule has 0 radical (unpaired) electrons. The second-order valence-electron chi connectivity index (χ2n) is 8.45. The van der Waals surface area contributed by atoms with E-state index in [1.807, 2.05) is 32.0 Å². The molecule has 28 heavy (non-hydrogen) atoms. The van der Waals surface area contributed by atoms with Crippen LogP contribution in [-0.4, -0.2) is 49.2 Å². The van der Waals surface area contributed by atoms with Gasteiger partial charge in [-0.2, -0.15) is 0 Å². The van der Waals surface area contributed by atoms with E-state index >= 15 is 0 Å². The van der Waals surface area contributed by atoms with E-state index < -0.39 is 16.8 Å². The van der Waals surface area contributed by atoms with Crippen LogP contribution in [0.15, 0.2) is 18.2 Å². The van der Waals surface area contributed by atoms with Gasteiger partial charge in [-0.3, -0.25) is 9.59 Å². The Hall–Kier alpha value is -2.24. The van der Waals surface area contributed by atoms with Crippen molar-refractivity contribution in [3.8, 4) is 11.5 Å². The van der Waals surface area contributed by atoms with Crippen molar-refractivity contribution in [3.05, 3.63) is 23.8 Å². The summed E-state index contributed by atoms with van der Waals surface area (Å²) in [6, 6.07) is 5.71. The van der Waals surface area contributed by atoms with Crippen molar-refractivity contribution in [2.24, 2.45) is 11.3 Å². The van der Waals surface area contributed by atoms with E-state index in [0.29, 0.717) is 24.5 Å². The lowest BCUT2D eigenvalue weighted by Crippen LogP contribution is -2.47. The van der Waals surface area contributed by atoms with Gasteiger partial charge in [0, 0.05) is 13.1 Å². The van der Waals surface area contributed by atoms with Gasteiger partial charge in [0.15, 0.2) is 11.5 Å². The normalized spacial score (nSPS) is 23.8. The molecule has 1 heterocycles. The topological polar surface area (TPSA) is 76.1 Å². The number of carbonyl (C=O) groups is 2. The molecule has 1 unspecified atom stereocenters. The highest BCUT2D eigenvalue weighted by atomic mass is 16.5. The minimum atomic E-state index is -0.854. The zero-order valence-corrected chi connectivity index (χ0v) is 17.3. The van der Waals surface area contributed by atoms with Crippen LogP contribution in [0.5, 0.6) is 11.5 Å². The minimum Gasteiger partial charge on any atom is -0.493 e. The predicted octanol–water partition coefficient (Wildman–Crippen LogP) is 3.47. The van der Waals surface area contributed by atoms with Crippen molar-refractivity contribution in [3.63, 3.8) is 0 Å². The van der Waals surface area contributed by atoms with E-state index in [1.165, 1.54) is 0 Å². The van der Waals surface area contributed by atoms with E-state index in [1.54, 1.807) is 19.1 Å². The summed E-state index contributed by atoms with van der Waals surface area (Å²) in [5, 5.41) is 9.84. The zero-order chi connectivity index (χ0) is 20.5. The molecular weight excluding hydrogens is 358 g/mol. The highest BCUT2D eigenvalue weighted by molar-refractivity contribution is 5.90. The third-order valence-corrected chi connectivity index (χ3v) is 6.92. The molecule has 1 amide bonds. The first-order valence-corrected chi connectivity index (χ1v) is 10.1. The Kier molecular flexibility index (Phi) is 5.60. The fourth-order valence-corrected chi connectivity index (χ4v) is 4.94. The summed E-state index contributed by atoms with van der Waals surface area (Å²) in [6.45, 7) is 4.65. The summed E-state index contributed by atoms with van der Waals surface area (Å²) in [5.41, 5.74) is -0.525. The van der Waals surface area contributed by atoms with Crippen molar-refractivity contribution >= 4 is 11.9 Å². The van der Waals surface area contributed by atoms with Gasteiger partial charge in [0.2, 0.25) is 5.91 Å². The number of hydrogen-bond acceptors (Lipinski definition) is 4. The third-order valence-electron chi connectivity index (χ3n) is 6.92. The monoisotopic (exact) mass is 389 g/mol. The number of amides is 1. The predicted molar refractivity (Wildman–Crippen MR) is 106 cm³/mol. The van der Waals surface area contributed by atoms with Crippen LogP contribution in [0.25, 0.3) is 0 Å². The highest BCUT2D eigenvalue weighted by Crippen LogP contribution is 2.47. The van der Waals surface area contributed by atoms with Crippen molar-refractivity contribution < 1.29 is 24.2 Å². The van der Waals surface area contributed by atoms with E-state index in [-0.39, 0.29) is 18.4 Å². The molecule has 2 fully saturated rings. The third kappa shape index (κ3) is 3.12. The second kappa shape index (κ2) is 7.64. The Morgan fingerprint density at radius 2 is 1.71 bits per heavy atom. The average molecular weight is 389 g/mol. The molecule has 0 spiro atoms. The van der Waals surface area contributed by atoms with Crippen LogP contribution in [0, 0.1) is 11.3 Å². The zero-order valence-electron chi connectivity index (χ0n) is 17.3. The number of nitrogens with zero attached hydrogens (tertiary/aromatic N) is 1. The quantitative estimate of drug-likeness (QED) is 0.806. The van der Waals surface area contributed by atoms with E-state index in [2.05, 4.69) is 0 Å². The number of methoxy groups -OCH3 is 2. The number of carboxylic acids is 1. The van der Waals surface area contributed by atoms with Crippen LogP contribution >= 0.6 is 0 Å². The van der Waals surface area contributed by atoms with Gasteiger partial charge < -0.3 is 19.5 Å². The summed E-state index contributed by atoms with van der Waals surface area (Å²) >= 11 is 0. The van der Waals surface area contributed by atoms with Gasteiger partial charge in [0.25, 0.3) is 0 Å². The first-order chi connectivity index (χ1) is 13.3. The first kappa shape index (κ1) is 20.5. The van der Waals surface area contributed by atoms with Gasteiger partial charge in [-0.05, 0) is 42.9 Å². The Morgan fingerprint density at radius 3 is 2.21 bits per heavy atom. The highest BCUT2D eigenvalue weighted by Gasteiger charge is 2.53. The molecular formula is C22H31NO5. The molecule has 3 rings (SSSR count). The molecule has 1 aliphatic heterocycles. The second-order valence-corrected chi connectivity index (χ2v) is 8.45. The summed E-state index contributed by atoms with van der Waals surface area (Å²) < 4.78 is 10.8. The number of ether oxygens (including phenoxy) is 2. The smallest absolute Gasteiger partial charge is 0.311 e. The maximum absolute atomic E-state index is 13.7. The number of likely N-dealkylation sites (tertiary alicyclic amines) is 1. The molecule has 0 bridgehead atoms. The summed E-state index contributed by atoms with van der Waals surface area (Å²) in [5.74, 6) is 0.481. The van der Waals surface area contributed by atoms with E-state index in [9.17, 15) is 14.7 Å². The molecule has 1 N–H and O–H groups in total. The molecule has 0 aromatic heterocycles. The molecule has 6 nitrogen and oxygen atoms in total. The Balaban J connectivity index is 1.95. The van der Waals surface area contributed by atoms with Gasteiger partial charge in [-0.25, -0.2) is 0 Å². The van der Waals surface area contributed by atoms with Crippen LogP contribution in [0.4, 0.5) is 0 Å². The van der Waals surface area contributed by atoms with Gasteiger partial charge in [-0.1, -0.05) is 32.8 Å². The van der Waals surface area contributed by atoms with Crippen LogP contribution in [0.3, 0.4) is 0 Å². The van der Waals surface area contributed by atoms with Crippen molar-refractivity contribution in [2.75, 3.05) is 27.3 Å². The molecule has 154 valence electrons. The summed E-state index contributed by atoms with van der Waals surface area (Å²) in [6.07, 6.45) is 4.04. The van der Waals surface area contributed by atoms with Crippen molar-refractivity contribution in [1.29, 1.82) is 0 Å². The maximum atomic E-state index is 13.7. The number of aliphatic carboxylic acids is 1. The van der Waals surface area contributed by atoms with Gasteiger partial charge in [0.1, 0.15) is 0 Å². The van der Waals surface area contributed by atoms with Crippen LogP contribution < -0.4 is 9.47 Å². The average Bonchev–Trinajstić information content (AvgIpc) is 3.35. The Labute approximate surface area is 166 Å². The van der Waals surface area contributed by atoms with Gasteiger partial charge >= 0.3 is 5.97 Å². The van der Waals surface area contributed by atoms with Crippen LogP contribution in [0.1, 0.15) is 51.5 Å². The number of rotatable bonds is 6. The SMILES string of the molecule is COc1ccc(C2(C(=O)N3CCC(C(=O)O)(C(C)C)C3)CCCC2)cc1OC. The van der Waals surface area contributed by atoms with E-state index in [4.69, 9.17) is 9.47 Å². The lowest BCUT2D eigenvalue weighted by Gasteiger charge is -2.35. The van der Waals surface area contributed by atoms with Crippen molar-refractivity contribution in [1.82, 2.24) is 4.90 Å². The van der Waals surface area contributed by atoms with Crippen molar-refractivity contribution in [2.45, 2.75) is 51.4 Å². The molecule has 1 atom stereocenters.